The van der Waals surface area contributed by atoms with Crippen molar-refractivity contribution in [2.75, 3.05) is 13.1 Å². The molecule has 1 fully saturated rings. The fraction of sp³-hybridized carbons (Fsp3) is 0.769. The van der Waals surface area contributed by atoms with Crippen molar-refractivity contribution in [2.24, 2.45) is 0 Å². The van der Waals surface area contributed by atoms with Crippen molar-refractivity contribution in [3.63, 3.8) is 0 Å². The lowest BCUT2D eigenvalue weighted by Gasteiger charge is -2.36. The molecule has 1 aromatic heterocycles. The quantitative estimate of drug-likeness (QED) is 0.889. The highest BCUT2D eigenvalue weighted by molar-refractivity contribution is 5.86. The molecule has 22 heavy (non-hydrogen) atoms. The summed E-state index contributed by atoms with van der Waals surface area (Å²) in [5, 5.41) is 10.1. The Morgan fingerprint density at radius 1 is 1.36 bits per heavy atom. The summed E-state index contributed by atoms with van der Waals surface area (Å²) in [6.45, 7) is 3.14. The molecular weight excluding hydrogens is 299 g/mol. The Morgan fingerprint density at radius 2 is 2.14 bits per heavy atom. The topological polar surface area (TPSA) is 63.1 Å². The second kappa shape index (κ2) is 5.22. The number of halogens is 3. The largest absolute Gasteiger partial charge is 0.451 e. The fourth-order valence-corrected chi connectivity index (χ4v) is 3.29. The predicted molar refractivity (Wildman–Crippen MR) is 70.7 cm³/mol. The maximum absolute atomic E-state index is 12.8. The predicted octanol–water partition coefficient (Wildman–Crippen LogP) is 1.17. The molecule has 0 aliphatic carbocycles. The number of hydrogen-bond acceptors (Lipinski definition) is 4. The van der Waals surface area contributed by atoms with Crippen molar-refractivity contribution in [3.05, 3.63) is 11.6 Å². The van der Waals surface area contributed by atoms with Gasteiger partial charge in [-0.1, -0.05) is 6.92 Å². The van der Waals surface area contributed by atoms with Crippen LogP contribution in [-0.2, 0) is 24.1 Å². The Labute approximate surface area is 125 Å². The van der Waals surface area contributed by atoms with Gasteiger partial charge < -0.3 is 14.8 Å². The summed E-state index contributed by atoms with van der Waals surface area (Å²) in [4.78, 5) is 14.3. The van der Waals surface area contributed by atoms with Crippen molar-refractivity contribution in [3.8, 4) is 0 Å². The Balaban J connectivity index is 1.80. The SMILES string of the molecule is CCC1(C(=O)N2CCn3c(nnc3C(F)(F)F)C2)CCCN1. The first-order valence-electron chi connectivity index (χ1n) is 7.41. The molecule has 0 radical (unpaired) electrons. The van der Waals surface area contributed by atoms with Gasteiger partial charge in [0.1, 0.15) is 0 Å². The smallest absolute Gasteiger partial charge is 0.332 e. The summed E-state index contributed by atoms with van der Waals surface area (Å²) in [5.74, 6) is -0.842. The van der Waals surface area contributed by atoms with Crippen LogP contribution in [0.15, 0.2) is 0 Å². The second-order valence-corrected chi connectivity index (χ2v) is 5.78. The molecule has 6 nitrogen and oxygen atoms in total. The minimum Gasteiger partial charge on any atom is -0.332 e. The zero-order valence-electron chi connectivity index (χ0n) is 12.3. The third-order valence-electron chi connectivity index (χ3n) is 4.55. The zero-order chi connectivity index (χ0) is 16.0. The van der Waals surface area contributed by atoms with E-state index in [0.29, 0.717) is 6.42 Å². The van der Waals surface area contributed by atoms with Gasteiger partial charge in [-0.15, -0.1) is 10.2 Å². The third-order valence-corrected chi connectivity index (χ3v) is 4.55. The van der Waals surface area contributed by atoms with Crippen LogP contribution in [-0.4, -0.2) is 44.2 Å². The van der Waals surface area contributed by atoms with E-state index >= 15 is 0 Å². The van der Waals surface area contributed by atoms with Crippen molar-refractivity contribution in [2.45, 2.75) is 51.0 Å². The molecule has 9 heteroatoms. The van der Waals surface area contributed by atoms with Crippen LogP contribution in [0.3, 0.4) is 0 Å². The highest BCUT2D eigenvalue weighted by Crippen LogP contribution is 2.31. The summed E-state index contributed by atoms with van der Waals surface area (Å²) >= 11 is 0. The average Bonchev–Trinajstić information content (AvgIpc) is 3.12. The molecule has 1 atom stereocenters. The molecule has 1 saturated heterocycles. The Morgan fingerprint density at radius 3 is 2.73 bits per heavy atom. The Kier molecular flexibility index (Phi) is 3.62. The van der Waals surface area contributed by atoms with Crippen LogP contribution in [0.4, 0.5) is 13.2 Å². The van der Waals surface area contributed by atoms with Gasteiger partial charge in [0, 0.05) is 13.1 Å². The number of fused-ring (bicyclic) bond motifs is 1. The maximum atomic E-state index is 12.8. The van der Waals surface area contributed by atoms with Gasteiger partial charge in [0.15, 0.2) is 5.82 Å². The highest BCUT2D eigenvalue weighted by Gasteiger charge is 2.44. The van der Waals surface area contributed by atoms with Gasteiger partial charge in [0.2, 0.25) is 11.7 Å². The normalized spacial score (nSPS) is 25.4. The van der Waals surface area contributed by atoms with Crippen LogP contribution >= 0.6 is 0 Å². The van der Waals surface area contributed by atoms with E-state index in [-0.39, 0.29) is 31.4 Å². The molecule has 1 aromatic rings. The number of alkyl halides is 3. The first-order valence-corrected chi connectivity index (χ1v) is 7.41. The van der Waals surface area contributed by atoms with Crippen LogP contribution in [0, 0.1) is 0 Å². The summed E-state index contributed by atoms with van der Waals surface area (Å²) in [7, 11) is 0. The van der Waals surface area contributed by atoms with E-state index in [1.807, 2.05) is 6.92 Å². The number of aromatic nitrogens is 3. The monoisotopic (exact) mass is 317 g/mol. The molecule has 0 saturated carbocycles. The van der Waals surface area contributed by atoms with Crippen LogP contribution in [0.25, 0.3) is 0 Å². The van der Waals surface area contributed by atoms with Gasteiger partial charge in [0.25, 0.3) is 0 Å². The number of nitrogens with one attached hydrogen (secondary N) is 1. The average molecular weight is 317 g/mol. The van der Waals surface area contributed by atoms with E-state index in [0.717, 1.165) is 24.0 Å². The van der Waals surface area contributed by atoms with Crippen molar-refractivity contribution in [1.82, 2.24) is 25.0 Å². The lowest BCUT2D eigenvalue weighted by Crippen LogP contribution is -2.56. The third kappa shape index (κ3) is 2.37. The molecule has 0 spiro atoms. The maximum Gasteiger partial charge on any atom is 0.451 e. The molecule has 0 bridgehead atoms. The lowest BCUT2D eigenvalue weighted by molar-refractivity contribution is -0.148. The molecule has 1 unspecified atom stereocenters. The molecule has 2 aliphatic rings. The highest BCUT2D eigenvalue weighted by atomic mass is 19.4. The van der Waals surface area contributed by atoms with Crippen LogP contribution in [0.5, 0.6) is 0 Å². The Bertz CT molecular complexity index is 577. The van der Waals surface area contributed by atoms with E-state index in [1.54, 1.807) is 4.90 Å². The van der Waals surface area contributed by atoms with Gasteiger partial charge >= 0.3 is 6.18 Å². The number of carbonyl (C=O) groups excluding carboxylic acids is 1. The van der Waals surface area contributed by atoms with Gasteiger partial charge in [0.05, 0.1) is 12.1 Å². The summed E-state index contributed by atoms with van der Waals surface area (Å²) in [6, 6.07) is 0. The van der Waals surface area contributed by atoms with E-state index in [4.69, 9.17) is 0 Å². The molecule has 3 heterocycles. The molecule has 3 rings (SSSR count). The first kappa shape index (κ1) is 15.3. The van der Waals surface area contributed by atoms with Crippen LogP contribution in [0.1, 0.15) is 37.8 Å². The number of carbonyl (C=O) groups is 1. The molecule has 122 valence electrons. The van der Waals surface area contributed by atoms with Crippen molar-refractivity contribution < 1.29 is 18.0 Å². The number of rotatable bonds is 2. The van der Waals surface area contributed by atoms with Crippen LogP contribution in [0.2, 0.25) is 0 Å². The van der Waals surface area contributed by atoms with Gasteiger partial charge in [-0.05, 0) is 25.8 Å². The zero-order valence-corrected chi connectivity index (χ0v) is 12.3. The summed E-state index contributed by atoms with van der Waals surface area (Å²) < 4.78 is 39.5. The number of hydrogen-bond donors (Lipinski definition) is 1. The molecule has 0 aromatic carbocycles. The molecule has 1 N–H and O–H groups in total. The van der Waals surface area contributed by atoms with E-state index in [2.05, 4.69) is 15.5 Å². The number of nitrogens with zero attached hydrogens (tertiary/aromatic N) is 4. The second-order valence-electron chi connectivity index (χ2n) is 5.78. The Hall–Kier alpha value is -1.64. The van der Waals surface area contributed by atoms with Gasteiger partial charge in [-0.25, -0.2) is 0 Å². The first-order chi connectivity index (χ1) is 10.4. The van der Waals surface area contributed by atoms with E-state index in [1.165, 1.54) is 0 Å². The lowest BCUT2D eigenvalue weighted by atomic mass is 9.92. The van der Waals surface area contributed by atoms with Crippen LogP contribution < -0.4 is 5.32 Å². The minimum absolute atomic E-state index is 0.0460. The standard InChI is InChI=1S/C13H18F3N5O/c1-2-12(4-3-5-17-12)11(22)20-6-7-21-9(8-20)18-19-10(21)13(14,15)16/h17H,2-8H2,1H3. The summed E-state index contributed by atoms with van der Waals surface area (Å²) in [6.07, 6.45) is -2.15. The van der Waals surface area contributed by atoms with Gasteiger partial charge in [-0.2, -0.15) is 13.2 Å². The van der Waals surface area contributed by atoms with E-state index in [9.17, 15) is 18.0 Å². The minimum atomic E-state index is -4.52. The molecule has 1 amide bonds. The molecule has 2 aliphatic heterocycles. The van der Waals surface area contributed by atoms with Crippen molar-refractivity contribution >= 4 is 5.91 Å². The van der Waals surface area contributed by atoms with Gasteiger partial charge in [-0.3, -0.25) is 4.79 Å². The number of amides is 1. The summed E-state index contributed by atoms with van der Waals surface area (Å²) in [5.41, 5.74) is -0.574. The molecular formula is C13H18F3N5O. The fourth-order valence-electron chi connectivity index (χ4n) is 3.29. The van der Waals surface area contributed by atoms with E-state index < -0.39 is 17.5 Å². The van der Waals surface area contributed by atoms with Crippen molar-refractivity contribution in [1.29, 1.82) is 0 Å².